The molecule has 3 rings (SSSR count). The van der Waals surface area contributed by atoms with Gasteiger partial charge in [0.1, 0.15) is 18.4 Å². The third-order valence-electron chi connectivity index (χ3n) is 2.67. The molecule has 0 aliphatic carbocycles. The van der Waals surface area contributed by atoms with E-state index < -0.39 is 0 Å². The SMILES string of the molecule is [CH2]Oc1cccc(-c2cccc3[nH]nnc23)c1. The first-order chi connectivity index (χ1) is 8.38. The van der Waals surface area contributed by atoms with Crippen LogP contribution in [0.3, 0.4) is 0 Å². The molecular weight excluding hydrogens is 214 g/mol. The molecule has 0 aliphatic heterocycles. The summed E-state index contributed by atoms with van der Waals surface area (Å²) in [6, 6.07) is 13.6. The van der Waals surface area contributed by atoms with Crippen molar-refractivity contribution in [3.8, 4) is 16.9 Å². The lowest BCUT2D eigenvalue weighted by Crippen LogP contribution is -1.83. The molecule has 4 heteroatoms. The third kappa shape index (κ3) is 1.63. The molecule has 0 saturated heterocycles. The van der Waals surface area contributed by atoms with Gasteiger partial charge in [-0.15, -0.1) is 5.10 Å². The minimum Gasteiger partial charge on any atom is -0.490 e. The molecule has 0 atom stereocenters. The Hall–Kier alpha value is -2.36. The number of rotatable bonds is 2. The monoisotopic (exact) mass is 224 g/mol. The highest BCUT2D eigenvalue weighted by molar-refractivity contribution is 5.91. The molecule has 0 aliphatic rings. The number of benzene rings is 2. The van der Waals surface area contributed by atoms with Crippen molar-refractivity contribution in [3.05, 3.63) is 49.6 Å². The van der Waals surface area contributed by atoms with Gasteiger partial charge < -0.3 is 4.74 Å². The van der Waals surface area contributed by atoms with E-state index in [0.29, 0.717) is 0 Å². The zero-order valence-electron chi connectivity index (χ0n) is 9.05. The second-order valence-corrected chi connectivity index (χ2v) is 3.69. The van der Waals surface area contributed by atoms with Gasteiger partial charge in [-0.2, -0.15) is 0 Å². The average molecular weight is 224 g/mol. The number of hydrogen-bond donors (Lipinski definition) is 1. The van der Waals surface area contributed by atoms with Crippen LogP contribution in [-0.2, 0) is 0 Å². The Bertz CT molecular complexity index is 660. The van der Waals surface area contributed by atoms with Gasteiger partial charge in [0.2, 0.25) is 0 Å². The van der Waals surface area contributed by atoms with Gasteiger partial charge in [0, 0.05) is 5.56 Å². The summed E-state index contributed by atoms with van der Waals surface area (Å²) >= 11 is 0. The fourth-order valence-electron chi connectivity index (χ4n) is 1.86. The van der Waals surface area contributed by atoms with Gasteiger partial charge in [0.25, 0.3) is 0 Å². The summed E-state index contributed by atoms with van der Waals surface area (Å²) in [7, 11) is 3.41. The zero-order chi connectivity index (χ0) is 11.7. The quantitative estimate of drug-likeness (QED) is 0.728. The fourth-order valence-corrected chi connectivity index (χ4v) is 1.86. The average Bonchev–Trinajstić information content (AvgIpc) is 2.87. The Morgan fingerprint density at radius 3 is 2.88 bits per heavy atom. The van der Waals surface area contributed by atoms with Gasteiger partial charge >= 0.3 is 0 Å². The summed E-state index contributed by atoms with van der Waals surface area (Å²) in [5, 5.41) is 10.8. The molecule has 17 heavy (non-hydrogen) atoms. The number of ether oxygens (including phenoxy) is 1. The first-order valence-corrected chi connectivity index (χ1v) is 5.21. The Morgan fingerprint density at radius 1 is 1.12 bits per heavy atom. The number of H-pyrrole nitrogens is 1. The predicted molar refractivity (Wildman–Crippen MR) is 65.3 cm³/mol. The largest absolute Gasteiger partial charge is 0.490 e. The maximum absolute atomic E-state index is 4.98. The van der Waals surface area contributed by atoms with E-state index in [9.17, 15) is 0 Å². The summed E-state index contributed by atoms with van der Waals surface area (Å²) in [5.41, 5.74) is 3.83. The number of hydrogen-bond acceptors (Lipinski definition) is 3. The Morgan fingerprint density at radius 2 is 2.00 bits per heavy atom. The molecule has 1 radical (unpaired) electrons. The standard InChI is InChI=1S/C13H10N3O/c1-17-10-5-2-4-9(8-10)11-6-3-7-12-13(11)15-16-14-12/h2-8H,1H2,(H,14,15,16). The zero-order valence-corrected chi connectivity index (χ0v) is 9.05. The van der Waals surface area contributed by atoms with E-state index >= 15 is 0 Å². The number of aromatic nitrogens is 3. The molecule has 2 aromatic carbocycles. The molecule has 4 nitrogen and oxygen atoms in total. The van der Waals surface area contributed by atoms with Gasteiger partial charge in [-0.25, -0.2) is 0 Å². The van der Waals surface area contributed by atoms with E-state index in [0.717, 1.165) is 27.9 Å². The van der Waals surface area contributed by atoms with Crippen LogP contribution in [0.4, 0.5) is 0 Å². The van der Waals surface area contributed by atoms with E-state index in [4.69, 9.17) is 4.74 Å². The fraction of sp³-hybridized carbons (Fsp3) is 0. The Balaban J connectivity index is 2.23. The minimum atomic E-state index is 0.725. The van der Waals surface area contributed by atoms with Crippen LogP contribution in [0.1, 0.15) is 0 Å². The predicted octanol–water partition coefficient (Wildman–Crippen LogP) is 2.80. The Labute approximate surface area is 98.2 Å². The van der Waals surface area contributed by atoms with E-state index in [1.54, 1.807) is 0 Å². The molecule has 1 N–H and O–H groups in total. The van der Waals surface area contributed by atoms with Gasteiger partial charge in [-0.3, -0.25) is 5.10 Å². The van der Waals surface area contributed by atoms with Crippen LogP contribution in [0.15, 0.2) is 42.5 Å². The van der Waals surface area contributed by atoms with Crippen LogP contribution < -0.4 is 4.74 Å². The normalized spacial score (nSPS) is 10.6. The molecule has 1 heterocycles. The highest BCUT2D eigenvalue weighted by Crippen LogP contribution is 2.28. The van der Waals surface area contributed by atoms with E-state index in [1.165, 1.54) is 0 Å². The van der Waals surface area contributed by atoms with Crippen molar-refractivity contribution in [3.63, 3.8) is 0 Å². The van der Waals surface area contributed by atoms with Crippen LogP contribution in [0.25, 0.3) is 22.2 Å². The van der Waals surface area contributed by atoms with Crippen LogP contribution in [0.2, 0.25) is 0 Å². The number of fused-ring (bicyclic) bond motifs is 1. The van der Waals surface area contributed by atoms with Crippen molar-refractivity contribution in [2.75, 3.05) is 0 Å². The molecular formula is C13H10N3O. The molecule has 0 bridgehead atoms. The summed E-state index contributed by atoms with van der Waals surface area (Å²) in [6.45, 7) is 0. The van der Waals surface area contributed by atoms with Crippen molar-refractivity contribution < 1.29 is 4.74 Å². The van der Waals surface area contributed by atoms with Crippen LogP contribution in [-0.4, -0.2) is 15.4 Å². The molecule has 0 fully saturated rings. The van der Waals surface area contributed by atoms with Crippen molar-refractivity contribution >= 4 is 11.0 Å². The maximum atomic E-state index is 4.98. The smallest absolute Gasteiger partial charge is 0.122 e. The summed E-state index contributed by atoms with van der Waals surface area (Å²) < 4.78 is 4.98. The maximum Gasteiger partial charge on any atom is 0.122 e. The summed E-state index contributed by atoms with van der Waals surface area (Å²) in [5.74, 6) is 0.725. The molecule has 83 valence electrons. The second kappa shape index (κ2) is 3.90. The highest BCUT2D eigenvalue weighted by atomic mass is 16.5. The minimum absolute atomic E-state index is 0.725. The lowest BCUT2D eigenvalue weighted by atomic mass is 10.0. The number of aromatic amines is 1. The topological polar surface area (TPSA) is 50.8 Å². The number of nitrogens with one attached hydrogen (secondary N) is 1. The molecule has 0 amide bonds. The third-order valence-corrected chi connectivity index (χ3v) is 2.67. The van der Waals surface area contributed by atoms with Gasteiger partial charge in [-0.1, -0.05) is 29.5 Å². The highest BCUT2D eigenvalue weighted by Gasteiger charge is 2.07. The van der Waals surface area contributed by atoms with Gasteiger partial charge in [0.15, 0.2) is 0 Å². The van der Waals surface area contributed by atoms with Gasteiger partial charge in [-0.05, 0) is 23.8 Å². The van der Waals surface area contributed by atoms with Gasteiger partial charge in [0.05, 0.1) is 5.52 Å². The van der Waals surface area contributed by atoms with Crippen molar-refractivity contribution in [2.24, 2.45) is 0 Å². The van der Waals surface area contributed by atoms with Crippen molar-refractivity contribution in [2.45, 2.75) is 0 Å². The lowest BCUT2D eigenvalue weighted by molar-refractivity contribution is 0.473. The van der Waals surface area contributed by atoms with Crippen molar-refractivity contribution in [1.82, 2.24) is 15.4 Å². The molecule has 1 aromatic heterocycles. The molecule has 3 aromatic rings. The molecule has 0 spiro atoms. The molecule has 0 saturated carbocycles. The van der Waals surface area contributed by atoms with E-state index in [-0.39, 0.29) is 0 Å². The Kier molecular flexibility index (Phi) is 2.26. The van der Waals surface area contributed by atoms with E-state index in [1.807, 2.05) is 42.5 Å². The number of nitrogens with zero attached hydrogens (tertiary/aromatic N) is 2. The second-order valence-electron chi connectivity index (χ2n) is 3.69. The van der Waals surface area contributed by atoms with Crippen LogP contribution in [0.5, 0.6) is 5.75 Å². The van der Waals surface area contributed by atoms with E-state index in [2.05, 4.69) is 22.5 Å². The molecule has 0 unspecified atom stereocenters. The van der Waals surface area contributed by atoms with Crippen LogP contribution >= 0.6 is 0 Å². The summed E-state index contributed by atoms with van der Waals surface area (Å²) in [4.78, 5) is 0. The first kappa shape index (κ1) is 9.84. The first-order valence-electron chi connectivity index (χ1n) is 5.21. The van der Waals surface area contributed by atoms with Crippen LogP contribution in [0, 0.1) is 7.11 Å². The lowest BCUT2D eigenvalue weighted by Gasteiger charge is -2.04. The van der Waals surface area contributed by atoms with Crippen molar-refractivity contribution in [1.29, 1.82) is 0 Å². The summed E-state index contributed by atoms with van der Waals surface area (Å²) in [6.07, 6.45) is 0.